The summed E-state index contributed by atoms with van der Waals surface area (Å²) in [5.74, 6) is -0.853. The summed E-state index contributed by atoms with van der Waals surface area (Å²) in [6, 6.07) is 3.71. The molecule has 0 amide bonds. The van der Waals surface area contributed by atoms with Gasteiger partial charge in [0.05, 0.1) is 5.56 Å². The van der Waals surface area contributed by atoms with Crippen LogP contribution in [0.3, 0.4) is 0 Å². The highest BCUT2D eigenvalue weighted by atomic mass is 127. The van der Waals surface area contributed by atoms with Gasteiger partial charge in [0, 0.05) is 8.27 Å². The molecule has 0 unspecified atom stereocenters. The van der Waals surface area contributed by atoms with Crippen LogP contribution in [0.15, 0.2) is 17.5 Å². The van der Waals surface area contributed by atoms with Crippen molar-refractivity contribution >= 4 is 50.0 Å². The van der Waals surface area contributed by atoms with Crippen molar-refractivity contribution in [3.05, 3.63) is 32.2 Å². The van der Waals surface area contributed by atoms with Crippen LogP contribution in [0.25, 0.3) is 10.1 Å². The van der Waals surface area contributed by atoms with Crippen LogP contribution in [-0.2, 0) is 0 Å². The topological polar surface area (TPSA) is 37.3 Å². The van der Waals surface area contributed by atoms with Gasteiger partial charge in [0.15, 0.2) is 0 Å². The molecule has 2 rings (SSSR count). The first-order valence-electron chi connectivity index (χ1n) is 4.01. The van der Waals surface area contributed by atoms with Gasteiger partial charge in [-0.3, -0.25) is 0 Å². The van der Waals surface area contributed by atoms with E-state index in [2.05, 4.69) is 22.6 Å². The van der Waals surface area contributed by atoms with Crippen LogP contribution in [0.4, 0.5) is 0 Å². The first kappa shape index (κ1) is 9.92. The van der Waals surface area contributed by atoms with Gasteiger partial charge < -0.3 is 5.11 Å². The van der Waals surface area contributed by atoms with Crippen molar-refractivity contribution in [3.63, 3.8) is 0 Å². The Morgan fingerprint density at radius 2 is 2.29 bits per heavy atom. The highest BCUT2D eigenvalue weighted by Gasteiger charge is 2.13. The van der Waals surface area contributed by atoms with Gasteiger partial charge in [0.1, 0.15) is 0 Å². The standard InChI is InChI=1S/C10H7IO2S/c1-5-6-2-3-14-9(6)8(11)4-7(5)10(12)13/h2-4H,1H3,(H,12,13). The Kier molecular flexibility index (Phi) is 2.48. The monoisotopic (exact) mass is 318 g/mol. The Balaban J connectivity index is 2.88. The van der Waals surface area contributed by atoms with Crippen LogP contribution in [0.2, 0.25) is 0 Å². The third kappa shape index (κ3) is 1.42. The van der Waals surface area contributed by atoms with E-state index >= 15 is 0 Å². The van der Waals surface area contributed by atoms with Crippen LogP contribution >= 0.6 is 33.9 Å². The summed E-state index contributed by atoms with van der Waals surface area (Å²) in [6.45, 7) is 1.86. The molecule has 4 heteroatoms. The molecule has 0 fully saturated rings. The molecule has 0 bridgehead atoms. The van der Waals surface area contributed by atoms with E-state index in [1.165, 1.54) is 4.70 Å². The molecule has 2 aromatic rings. The smallest absolute Gasteiger partial charge is 0.336 e. The summed E-state index contributed by atoms with van der Waals surface area (Å²) < 4.78 is 2.18. The lowest BCUT2D eigenvalue weighted by molar-refractivity contribution is 0.0696. The molecule has 72 valence electrons. The summed E-state index contributed by atoms with van der Waals surface area (Å²) in [5, 5.41) is 12.0. The molecule has 0 saturated carbocycles. The van der Waals surface area contributed by atoms with E-state index in [9.17, 15) is 4.79 Å². The summed E-state index contributed by atoms with van der Waals surface area (Å²) in [4.78, 5) is 10.9. The number of aryl methyl sites for hydroxylation is 1. The van der Waals surface area contributed by atoms with E-state index in [0.717, 1.165) is 14.5 Å². The van der Waals surface area contributed by atoms with Gasteiger partial charge >= 0.3 is 5.97 Å². The molecule has 0 atom stereocenters. The molecule has 0 saturated heterocycles. The average molecular weight is 318 g/mol. The molecule has 0 aliphatic rings. The SMILES string of the molecule is Cc1c(C(=O)O)cc(I)c2sccc12. The minimum absolute atomic E-state index is 0.403. The molecule has 1 heterocycles. The zero-order chi connectivity index (χ0) is 10.3. The minimum Gasteiger partial charge on any atom is -0.478 e. The summed E-state index contributed by atoms with van der Waals surface area (Å²) in [6.07, 6.45) is 0. The van der Waals surface area contributed by atoms with Crippen molar-refractivity contribution in [2.24, 2.45) is 0 Å². The zero-order valence-corrected chi connectivity index (χ0v) is 10.3. The molecule has 0 spiro atoms. The first-order chi connectivity index (χ1) is 6.61. The van der Waals surface area contributed by atoms with Gasteiger partial charge in [-0.05, 0) is 58.0 Å². The number of thiophene rings is 1. The predicted octanol–water partition coefficient (Wildman–Crippen LogP) is 3.51. The van der Waals surface area contributed by atoms with Gasteiger partial charge in [-0.25, -0.2) is 4.79 Å². The van der Waals surface area contributed by atoms with Gasteiger partial charge in [0.2, 0.25) is 0 Å². The molecule has 1 aromatic heterocycles. The molecule has 0 aliphatic heterocycles. The maximum absolute atomic E-state index is 10.9. The fraction of sp³-hybridized carbons (Fsp3) is 0.100. The Bertz CT molecular complexity index is 516. The maximum Gasteiger partial charge on any atom is 0.336 e. The quantitative estimate of drug-likeness (QED) is 0.817. The number of hydrogen-bond donors (Lipinski definition) is 1. The van der Waals surface area contributed by atoms with Crippen molar-refractivity contribution in [2.45, 2.75) is 6.92 Å². The van der Waals surface area contributed by atoms with Crippen molar-refractivity contribution in [3.8, 4) is 0 Å². The highest BCUT2D eigenvalue weighted by Crippen LogP contribution is 2.31. The second kappa shape index (κ2) is 3.51. The first-order valence-corrected chi connectivity index (χ1v) is 5.96. The Morgan fingerprint density at radius 3 is 2.93 bits per heavy atom. The van der Waals surface area contributed by atoms with Crippen LogP contribution in [0.5, 0.6) is 0 Å². The Morgan fingerprint density at radius 1 is 1.57 bits per heavy atom. The maximum atomic E-state index is 10.9. The molecule has 1 aromatic carbocycles. The second-order valence-electron chi connectivity index (χ2n) is 3.00. The normalized spacial score (nSPS) is 10.7. The fourth-order valence-corrected chi connectivity index (χ4v) is 3.30. The van der Waals surface area contributed by atoms with E-state index in [-0.39, 0.29) is 0 Å². The summed E-state index contributed by atoms with van der Waals surface area (Å²) in [7, 11) is 0. The molecule has 14 heavy (non-hydrogen) atoms. The summed E-state index contributed by atoms with van der Waals surface area (Å²) in [5.41, 5.74) is 1.26. The summed E-state index contributed by atoms with van der Waals surface area (Å²) >= 11 is 3.83. The van der Waals surface area contributed by atoms with Crippen LogP contribution in [0.1, 0.15) is 15.9 Å². The van der Waals surface area contributed by atoms with Crippen LogP contribution in [0, 0.1) is 10.5 Å². The average Bonchev–Trinajstić information content (AvgIpc) is 2.59. The Hall–Kier alpha value is -0.620. The molecule has 1 N–H and O–H groups in total. The number of halogens is 1. The van der Waals surface area contributed by atoms with Crippen LogP contribution in [-0.4, -0.2) is 11.1 Å². The number of carboxylic acid groups (broad SMARTS) is 1. The number of fused-ring (bicyclic) bond motifs is 1. The number of benzene rings is 1. The highest BCUT2D eigenvalue weighted by molar-refractivity contribution is 14.1. The molecular formula is C10H7IO2S. The lowest BCUT2D eigenvalue weighted by Gasteiger charge is -2.03. The minimum atomic E-state index is -0.853. The van der Waals surface area contributed by atoms with E-state index in [1.54, 1.807) is 17.4 Å². The third-order valence-corrected chi connectivity index (χ3v) is 4.36. The molecule has 0 aliphatic carbocycles. The number of carboxylic acids is 1. The van der Waals surface area contributed by atoms with E-state index < -0.39 is 5.97 Å². The molecule has 0 radical (unpaired) electrons. The molecular weight excluding hydrogens is 311 g/mol. The molecule has 2 nitrogen and oxygen atoms in total. The van der Waals surface area contributed by atoms with Gasteiger partial charge in [0.25, 0.3) is 0 Å². The van der Waals surface area contributed by atoms with Gasteiger partial charge in [-0.15, -0.1) is 11.3 Å². The van der Waals surface area contributed by atoms with Crippen molar-refractivity contribution in [1.82, 2.24) is 0 Å². The second-order valence-corrected chi connectivity index (χ2v) is 5.08. The van der Waals surface area contributed by atoms with Gasteiger partial charge in [-0.1, -0.05) is 0 Å². The number of aromatic carboxylic acids is 1. The number of rotatable bonds is 1. The largest absolute Gasteiger partial charge is 0.478 e. The number of hydrogen-bond acceptors (Lipinski definition) is 2. The van der Waals surface area contributed by atoms with E-state index in [4.69, 9.17) is 5.11 Å². The lowest BCUT2D eigenvalue weighted by Crippen LogP contribution is -2.00. The zero-order valence-electron chi connectivity index (χ0n) is 7.37. The van der Waals surface area contributed by atoms with Crippen LogP contribution < -0.4 is 0 Å². The van der Waals surface area contributed by atoms with Gasteiger partial charge in [-0.2, -0.15) is 0 Å². The Labute approximate surface area is 98.7 Å². The van der Waals surface area contributed by atoms with Crippen molar-refractivity contribution in [2.75, 3.05) is 0 Å². The lowest BCUT2D eigenvalue weighted by atomic mass is 10.1. The number of carbonyl (C=O) groups is 1. The predicted molar refractivity (Wildman–Crippen MR) is 66.2 cm³/mol. The van der Waals surface area contributed by atoms with E-state index in [1.807, 2.05) is 18.4 Å². The van der Waals surface area contributed by atoms with E-state index in [0.29, 0.717) is 5.56 Å². The van der Waals surface area contributed by atoms with Crippen molar-refractivity contribution in [1.29, 1.82) is 0 Å². The van der Waals surface area contributed by atoms with Crippen molar-refractivity contribution < 1.29 is 9.90 Å². The third-order valence-electron chi connectivity index (χ3n) is 2.19. The fourth-order valence-electron chi connectivity index (χ4n) is 1.46.